The zero-order chi connectivity index (χ0) is 19.2. The summed E-state index contributed by atoms with van der Waals surface area (Å²) in [5.74, 6) is 1.77. The molecule has 2 saturated heterocycles. The number of fused-ring (bicyclic) bond motifs is 3. The van der Waals surface area contributed by atoms with Crippen molar-refractivity contribution in [1.29, 1.82) is 0 Å². The predicted molar refractivity (Wildman–Crippen MR) is 94.6 cm³/mol. The minimum atomic E-state index is -0.451. The molecule has 5 aliphatic rings. The number of rotatable bonds is 3. The molecule has 2 bridgehead atoms. The molecule has 0 N–H and O–H groups in total. The van der Waals surface area contributed by atoms with Gasteiger partial charge in [-0.15, -0.1) is 0 Å². The summed E-state index contributed by atoms with van der Waals surface area (Å²) in [7, 11) is 3.39. The van der Waals surface area contributed by atoms with E-state index in [4.69, 9.17) is 28.4 Å². The lowest BCUT2D eigenvalue weighted by atomic mass is 9.61. The fourth-order valence-corrected chi connectivity index (χ4v) is 6.13. The summed E-state index contributed by atoms with van der Waals surface area (Å²) in [5.41, 5.74) is 1.72. The van der Waals surface area contributed by atoms with E-state index < -0.39 is 5.41 Å². The number of carbonyl (C=O) groups is 1. The van der Waals surface area contributed by atoms with Crippen LogP contribution in [-0.4, -0.2) is 68.9 Å². The molecule has 0 aromatic heterocycles. The second-order valence-electron chi connectivity index (χ2n) is 8.18. The first-order chi connectivity index (χ1) is 13.6. The van der Waals surface area contributed by atoms with Gasteiger partial charge in [-0.3, -0.25) is 9.69 Å². The molecule has 1 aromatic carbocycles. The van der Waals surface area contributed by atoms with Crippen LogP contribution < -0.4 is 14.2 Å². The van der Waals surface area contributed by atoms with E-state index in [0.29, 0.717) is 30.3 Å². The second kappa shape index (κ2) is 5.52. The first kappa shape index (κ1) is 16.9. The fraction of sp³-hybridized carbons (Fsp3) is 0.650. The minimum absolute atomic E-state index is 0.0154. The van der Waals surface area contributed by atoms with Crippen LogP contribution in [0, 0.1) is 0 Å². The van der Waals surface area contributed by atoms with Crippen molar-refractivity contribution in [3.63, 3.8) is 0 Å². The minimum Gasteiger partial charge on any atom is -0.492 e. The highest BCUT2D eigenvalue weighted by atomic mass is 16.7. The number of epoxide rings is 1. The Morgan fingerprint density at radius 1 is 1.32 bits per heavy atom. The van der Waals surface area contributed by atoms with Gasteiger partial charge in [-0.2, -0.15) is 0 Å². The van der Waals surface area contributed by atoms with E-state index >= 15 is 0 Å². The maximum Gasteiger partial charge on any atom is 0.302 e. The number of hydrogen-bond donors (Lipinski definition) is 0. The van der Waals surface area contributed by atoms with E-state index in [0.717, 1.165) is 17.5 Å². The lowest BCUT2D eigenvalue weighted by Crippen LogP contribution is -2.59. The van der Waals surface area contributed by atoms with Gasteiger partial charge in [-0.05, 0) is 18.1 Å². The molecule has 6 rings (SSSR count). The zero-order valence-electron chi connectivity index (χ0n) is 16.1. The summed E-state index contributed by atoms with van der Waals surface area (Å²) in [5, 5.41) is 0. The maximum absolute atomic E-state index is 11.9. The summed E-state index contributed by atoms with van der Waals surface area (Å²) in [6, 6.07) is 2.22. The zero-order valence-corrected chi connectivity index (χ0v) is 16.1. The Kier molecular flexibility index (Phi) is 3.33. The van der Waals surface area contributed by atoms with Crippen LogP contribution in [0.4, 0.5) is 0 Å². The standard InChI is InChI=1S/C20H23NO7/c1-9(22)27-15-7-21-6-10-11(4-13-17(16(10)24-3)26-8-25-13)20(15)14(21)5-12(23-2)18-19(20)28-18/h4,12,14-15,18-19H,5-8H2,1-3H3/t12-,14-,15?,18+,19+,20+/m1/s1. The van der Waals surface area contributed by atoms with Gasteiger partial charge in [0.25, 0.3) is 0 Å². The van der Waals surface area contributed by atoms with Crippen molar-refractivity contribution >= 4 is 5.97 Å². The molecule has 0 spiro atoms. The first-order valence-corrected chi connectivity index (χ1v) is 9.69. The number of esters is 1. The number of carbonyl (C=O) groups excluding carboxylic acids is 1. The molecule has 1 aliphatic carbocycles. The molecule has 2 unspecified atom stereocenters. The quantitative estimate of drug-likeness (QED) is 0.559. The summed E-state index contributed by atoms with van der Waals surface area (Å²) in [4.78, 5) is 14.3. The molecule has 1 saturated carbocycles. The van der Waals surface area contributed by atoms with Crippen molar-refractivity contribution in [1.82, 2.24) is 4.90 Å². The van der Waals surface area contributed by atoms with E-state index in [2.05, 4.69) is 11.0 Å². The number of benzene rings is 1. The third-order valence-corrected chi connectivity index (χ3v) is 7.11. The molecule has 8 nitrogen and oxygen atoms in total. The fourth-order valence-electron chi connectivity index (χ4n) is 6.13. The van der Waals surface area contributed by atoms with E-state index in [-0.39, 0.29) is 43.2 Å². The van der Waals surface area contributed by atoms with Crippen LogP contribution in [-0.2, 0) is 31.0 Å². The summed E-state index contributed by atoms with van der Waals surface area (Å²) in [6.07, 6.45) is 0.565. The third-order valence-electron chi connectivity index (χ3n) is 7.11. The highest BCUT2D eigenvalue weighted by Gasteiger charge is 2.75. The molecule has 4 heterocycles. The Labute approximate surface area is 162 Å². The van der Waals surface area contributed by atoms with Crippen LogP contribution in [0.1, 0.15) is 24.5 Å². The van der Waals surface area contributed by atoms with Crippen molar-refractivity contribution in [2.45, 2.75) is 55.8 Å². The Morgan fingerprint density at radius 2 is 2.18 bits per heavy atom. The predicted octanol–water partition coefficient (Wildman–Crippen LogP) is 0.977. The largest absolute Gasteiger partial charge is 0.492 e. The Hall–Kier alpha value is -2.03. The smallest absolute Gasteiger partial charge is 0.302 e. The topological polar surface area (TPSA) is 79.0 Å². The van der Waals surface area contributed by atoms with Gasteiger partial charge in [0.05, 0.1) is 18.6 Å². The number of methoxy groups -OCH3 is 2. The van der Waals surface area contributed by atoms with E-state index in [9.17, 15) is 4.79 Å². The van der Waals surface area contributed by atoms with Gasteiger partial charge in [0.15, 0.2) is 11.5 Å². The molecule has 1 aromatic rings. The highest BCUT2D eigenvalue weighted by Crippen LogP contribution is 2.63. The SMILES string of the molecule is COc1c2c(cc3c1OCO3)[C@@]13C(OC(C)=O)CN(C2)[C@@H]1C[C@@H](OC)[C@@H]1O[C@@H]13. The Balaban J connectivity index is 1.58. The molecule has 28 heavy (non-hydrogen) atoms. The van der Waals surface area contributed by atoms with Crippen molar-refractivity contribution in [2.24, 2.45) is 0 Å². The molecule has 0 amide bonds. The molecular weight excluding hydrogens is 366 g/mol. The summed E-state index contributed by atoms with van der Waals surface area (Å²) in [6.45, 7) is 3.01. The van der Waals surface area contributed by atoms with Gasteiger partial charge < -0.3 is 28.4 Å². The molecule has 3 fully saturated rings. The van der Waals surface area contributed by atoms with Gasteiger partial charge in [-0.25, -0.2) is 0 Å². The Morgan fingerprint density at radius 3 is 2.93 bits per heavy atom. The highest BCUT2D eigenvalue weighted by molar-refractivity contribution is 5.68. The van der Waals surface area contributed by atoms with Gasteiger partial charge in [-0.1, -0.05) is 0 Å². The lowest BCUT2D eigenvalue weighted by molar-refractivity contribution is -0.149. The monoisotopic (exact) mass is 389 g/mol. The molecule has 150 valence electrons. The second-order valence-corrected chi connectivity index (χ2v) is 8.18. The summed E-state index contributed by atoms with van der Waals surface area (Å²) >= 11 is 0. The van der Waals surface area contributed by atoms with Gasteiger partial charge in [0, 0.05) is 38.7 Å². The van der Waals surface area contributed by atoms with Crippen LogP contribution in [0.2, 0.25) is 0 Å². The first-order valence-electron chi connectivity index (χ1n) is 9.69. The van der Waals surface area contributed by atoms with Crippen LogP contribution in [0.5, 0.6) is 17.2 Å². The molecule has 0 radical (unpaired) electrons. The van der Waals surface area contributed by atoms with E-state index in [1.165, 1.54) is 6.92 Å². The van der Waals surface area contributed by atoms with Crippen LogP contribution in [0.3, 0.4) is 0 Å². The molecule has 4 aliphatic heterocycles. The lowest BCUT2D eigenvalue weighted by Gasteiger charge is -2.47. The number of ether oxygens (including phenoxy) is 6. The maximum atomic E-state index is 11.9. The Bertz CT molecular complexity index is 873. The van der Waals surface area contributed by atoms with Crippen LogP contribution in [0.25, 0.3) is 0 Å². The third kappa shape index (κ3) is 1.88. The van der Waals surface area contributed by atoms with Gasteiger partial charge >= 0.3 is 5.97 Å². The van der Waals surface area contributed by atoms with Gasteiger partial charge in [0.1, 0.15) is 18.3 Å². The van der Waals surface area contributed by atoms with E-state index in [1.807, 2.05) is 0 Å². The van der Waals surface area contributed by atoms with Crippen molar-refractivity contribution in [2.75, 3.05) is 27.6 Å². The molecular formula is C20H23NO7. The van der Waals surface area contributed by atoms with Crippen molar-refractivity contribution < 1.29 is 33.2 Å². The van der Waals surface area contributed by atoms with E-state index in [1.54, 1.807) is 14.2 Å². The van der Waals surface area contributed by atoms with Crippen LogP contribution in [0.15, 0.2) is 6.07 Å². The van der Waals surface area contributed by atoms with Crippen molar-refractivity contribution in [3.8, 4) is 17.2 Å². The molecule has 8 heteroatoms. The number of hydrogen-bond acceptors (Lipinski definition) is 8. The average Bonchev–Trinajstić information content (AvgIpc) is 3.29. The van der Waals surface area contributed by atoms with Crippen molar-refractivity contribution in [3.05, 3.63) is 17.2 Å². The van der Waals surface area contributed by atoms with Crippen LogP contribution >= 0.6 is 0 Å². The van der Waals surface area contributed by atoms with Gasteiger partial charge in [0.2, 0.25) is 12.5 Å². The average molecular weight is 389 g/mol. The molecule has 7 atom stereocenters. The summed E-state index contributed by atoms with van der Waals surface area (Å²) < 4.78 is 34.9. The normalized spacial score (nSPS) is 41.0. The number of nitrogens with zero attached hydrogens (tertiary/aromatic N) is 1.